The predicted molar refractivity (Wildman–Crippen MR) is 182 cm³/mol. The normalized spacial score (nSPS) is 19.6. The first-order valence-corrected chi connectivity index (χ1v) is 15.7. The second-order valence-electron chi connectivity index (χ2n) is 12.0. The van der Waals surface area contributed by atoms with Gasteiger partial charge in [0.15, 0.2) is 0 Å². The molecule has 0 radical (unpaired) electrons. The lowest BCUT2D eigenvalue weighted by Gasteiger charge is -2.28. The van der Waals surface area contributed by atoms with Gasteiger partial charge in [-0.15, -0.1) is 0 Å². The van der Waals surface area contributed by atoms with Crippen molar-refractivity contribution in [3.05, 3.63) is 138 Å². The third kappa shape index (κ3) is 3.91. The molecule has 2 unspecified atom stereocenters. The second-order valence-corrected chi connectivity index (χ2v) is 12.0. The number of hydrogen-bond donors (Lipinski definition) is 0. The average molecular weight is 569 g/mol. The number of anilines is 2. The third-order valence-corrected chi connectivity index (χ3v) is 9.42. The number of aromatic nitrogens is 3. The van der Waals surface area contributed by atoms with Crippen LogP contribution in [0, 0.1) is 0 Å². The van der Waals surface area contributed by atoms with E-state index in [-0.39, 0.29) is 12.0 Å². The summed E-state index contributed by atoms with van der Waals surface area (Å²) in [5.74, 6) is 0.958. The van der Waals surface area contributed by atoms with Crippen molar-refractivity contribution in [2.24, 2.45) is 0 Å². The van der Waals surface area contributed by atoms with Crippen molar-refractivity contribution in [3.8, 4) is 22.5 Å². The minimum Gasteiger partial charge on any atom is -0.311 e. The van der Waals surface area contributed by atoms with E-state index < -0.39 is 0 Å². The molecular formula is C40H32N4. The predicted octanol–water partition coefficient (Wildman–Crippen LogP) is 8.04. The van der Waals surface area contributed by atoms with Crippen molar-refractivity contribution in [1.29, 1.82) is 0 Å². The van der Waals surface area contributed by atoms with Gasteiger partial charge in [0.05, 0.1) is 28.6 Å². The fraction of sp³-hybridized carbons (Fsp3) is 0.150. The molecule has 0 amide bonds. The lowest BCUT2D eigenvalue weighted by molar-refractivity contribution is 0.730. The zero-order valence-corrected chi connectivity index (χ0v) is 24.5. The van der Waals surface area contributed by atoms with Gasteiger partial charge in [0, 0.05) is 38.7 Å². The van der Waals surface area contributed by atoms with Crippen molar-refractivity contribution < 1.29 is 0 Å². The van der Waals surface area contributed by atoms with Crippen molar-refractivity contribution in [1.82, 2.24) is 14.5 Å². The largest absolute Gasteiger partial charge is 0.311 e. The van der Waals surface area contributed by atoms with Crippen LogP contribution in [0.2, 0.25) is 0 Å². The van der Waals surface area contributed by atoms with Crippen LogP contribution in [-0.4, -0.2) is 20.6 Å². The number of allylic oxidation sites excluding steroid dienone is 6. The Morgan fingerprint density at radius 1 is 0.705 bits per heavy atom. The standard InChI is InChI=1S/C40H32N4/c1-4-14-27(15-5-1)34-26-35(28-16-6-2-7-17-28)42-40(41-34)44-37-23-13-11-21-31(37)33-25-24-32-30-20-10-12-22-36(30)43(38(32)39(33)44)29-18-8-3-9-19-29/h1-8,11,13-18,20-26,31,37H,9-10,12,19H2. The highest BCUT2D eigenvalue weighted by molar-refractivity contribution is 6.01. The molecule has 4 nitrogen and oxygen atoms in total. The van der Waals surface area contributed by atoms with E-state index in [1.54, 1.807) is 0 Å². The first kappa shape index (κ1) is 25.3. The van der Waals surface area contributed by atoms with Crippen molar-refractivity contribution in [2.45, 2.75) is 37.6 Å². The monoisotopic (exact) mass is 568 g/mol. The summed E-state index contributed by atoms with van der Waals surface area (Å²) in [5, 5.41) is 3.99. The summed E-state index contributed by atoms with van der Waals surface area (Å²) in [4.78, 5) is 13.1. The minimum absolute atomic E-state index is 0.0869. The minimum atomic E-state index is 0.0869. The Morgan fingerprint density at radius 2 is 1.43 bits per heavy atom. The molecule has 4 heteroatoms. The van der Waals surface area contributed by atoms with Crippen LogP contribution >= 0.6 is 0 Å². The fourth-order valence-electron chi connectivity index (χ4n) is 7.45. The van der Waals surface area contributed by atoms with Crippen LogP contribution in [0.1, 0.15) is 37.2 Å². The Kier molecular flexibility index (Phi) is 5.86. The molecule has 0 spiro atoms. The molecule has 0 fully saturated rings. The van der Waals surface area contributed by atoms with E-state index in [4.69, 9.17) is 9.97 Å². The Bertz CT molecular complexity index is 2120. The van der Waals surface area contributed by atoms with Crippen molar-refractivity contribution in [3.63, 3.8) is 0 Å². The van der Waals surface area contributed by atoms with Gasteiger partial charge < -0.3 is 9.47 Å². The SMILES string of the molecule is C1=CCCC(n2c3c(c4ccc5c(c42)N(c2nc(-c4ccccc4)cc(-c4ccccc4)n2)C2C=CC=CC52)=CCCC=3)=C1. The molecule has 3 aromatic carbocycles. The van der Waals surface area contributed by atoms with Crippen LogP contribution in [-0.2, 0) is 0 Å². The number of benzene rings is 3. The maximum atomic E-state index is 5.34. The van der Waals surface area contributed by atoms with Gasteiger partial charge >= 0.3 is 0 Å². The number of fused-ring (bicyclic) bond motifs is 7. The Hall–Kier alpha value is -5.22. The highest BCUT2D eigenvalue weighted by atomic mass is 15.3. The zero-order chi connectivity index (χ0) is 29.0. The molecule has 4 aliphatic rings. The molecule has 44 heavy (non-hydrogen) atoms. The quantitative estimate of drug-likeness (QED) is 0.220. The van der Waals surface area contributed by atoms with Crippen LogP contribution in [0.5, 0.6) is 0 Å². The van der Waals surface area contributed by atoms with Gasteiger partial charge in [0.25, 0.3) is 0 Å². The molecule has 0 saturated carbocycles. The molecule has 9 rings (SSSR count). The topological polar surface area (TPSA) is 34.0 Å². The lowest BCUT2D eigenvalue weighted by atomic mass is 9.91. The Morgan fingerprint density at radius 3 is 2.16 bits per heavy atom. The average Bonchev–Trinajstić information content (AvgIpc) is 3.62. The molecule has 3 aliphatic carbocycles. The van der Waals surface area contributed by atoms with Crippen molar-refractivity contribution >= 4 is 40.4 Å². The molecule has 0 bridgehead atoms. The van der Waals surface area contributed by atoms with Gasteiger partial charge in [-0.2, -0.15) is 0 Å². The number of rotatable bonds is 4. The lowest BCUT2D eigenvalue weighted by Crippen LogP contribution is -2.31. The smallest absolute Gasteiger partial charge is 0.231 e. The number of nitrogens with zero attached hydrogens (tertiary/aromatic N) is 4. The van der Waals surface area contributed by atoms with Gasteiger partial charge in [-0.3, -0.25) is 0 Å². The van der Waals surface area contributed by atoms with Gasteiger partial charge in [-0.25, -0.2) is 9.97 Å². The molecule has 3 heterocycles. The van der Waals surface area contributed by atoms with E-state index in [9.17, 15) is 0 Å². The summed E-state index contributed by atoms with van der Waals surface area (Å²) < 4.78 is 2.56. The van der Waals surface area contributed by atoms with Crippen LogP contribution in [0.3, 0.4) is 0 Å². The first-order chi connectivity index (χ1) is 21.8. The van der Waals surface area contributed by atoms with Crippen LogP contribution in [0.15, 0.2) is 121 Å². The van der Waals surface area contributed by atoms with E-state index >= 15 is 0 Å². The van der Waals surface area contributed by atoms with Gasteiger partial charge in [0.2, 0.25) is 5.95 Å². The van der Waals surface area contributed by atoms with Gasteiger partial charge in [-0.1, -0.05) is 121 Å². The third-order valence-electron chi connectivity index (χ3n) is 9.42. The summed E-state index contributed by atoms with van der Waals surface area (Å²) in [6.45, 7) is 0. The Balaban J connectivity index is 1.37. The summed E-state index contributed by atoms with van der Waals surface area (Å²) in [5.41, 5.74) is 9.22. The highest BCUT2D eigenvalue weighted by Gasteiger charge is 2.41. The van der Waals surface area contributed by atoms with Crippen LogP contribution in [0.4, 0.5) is 11.6 Å². The van der Waals surface area contributed by atoms with E-state index in [1.807, 2.05) is 0 Å². The van der Waals surface area contributed by atoms with E-state index in [0.717, 1.165) is 54.1 Å². The highest BCUT2D eigenvalue weighted by Crippen LogP contribution is 2.50. The molecule has 0 saturated heterocycles. The summed E-state index contributed by atoms with van der Waals surface area (Å²) in [6.07, 6.45) is 24.9. The van der Waals surface area contributed by atoms with Gasteiger partial charge in [0.1, 0.15) is 0 Å². The summed E-state index contributed by atoms with van der Waals surface area (Å²) in [6, 6.07) is 27.9. The maximum Gasteiger partial charge on any atom is 0.231 e. The van der Waals surface area contributed by atoms with E-state index in [2.05, 4.69) is 143 Å². The summed E-state index contributed by atoms with van der Waals surface area (Å²) >= 11 is 0. The maximum absolute atomic E-state index is 5.34. The van der Waals surface area contributed by atoms with Gasteiger partial charge in [-0.05, 0) is 43.4 Å². The summed E-state index contributed by atoms with van der Waals surface area (Å²) in [7, 11) is 0. The Labute approximate surface area is 257 Å². The van der Waals surface area contributed by atoms with Crippen LogP contribution < -0.4 is 15.5 Å². The first-order valence-electron chi connectivity index (χ1n) is 15.7. The molecular weight excluding hydrogens is 536 g/mol. The molecule has 5 aromatic rings. The molecule has 212 valence electrons. The zero-order valence-electron chi connectivity index (χ0n) is 24.5. The van der Waals surface area contributed by atoms with Crippen LogP contribution in [0.25, 0.3) is 51.3 Å². The number of hydrogen-bond acceptors (Lipinski definition) is 3. The van der Waals surface area contributed by atoms with E-state index in [1.165, 1.54) is 38.4 Å². The second kappa shape index (κ2) is 10.2. The van der Waals surface area contributed by atoms with Crippen molar-refractivity contribution in [2.75, 3.05) is 4.90 Å². The molecule has 2 aromatic heterocycles. The molecule has 0 N–H and O–H groups in total. The molecule has 1 aliphatic heterocycles. The fourth-order valence-corrected chi connectivity index (χ4v) is 7.45. The molecule has 2 atom stereocenters. The van der Waals surface area contributed by atoms with E-state index in [0.29, 0.717) is 0 Å².